The molecule has 0 saturated heterocycles. The highest BCUT2D eigenvalue weighted by Gasteiger charge is 2.35. The van der Waals surface area contributed by atoms with Gasteiger partial charge in [-0.25, -0.2) is 0 Å². The van der Waals surface area contributed by atoms with Crippen LogP contribution in [0.4, 0.5) is 0 Å². The molecular formula is C15H36N2O2Si. The summed E-state index contributed by atoms with van der Waals surface area (Å²) in [6, 6.07) is 2.24. The molecule has 0 aliphatic heterocycles. The van der Waals surface area contributed by atoms with Crippen LogP contribution in [0.25, 0.3) is 0 Å². The second-order valence-corrected chi connectivity index (χ2v) is 8.63. The maximum Gasteiger partial charge on any atom is 0.338 e. The first-order chi connectivity index (χ1) is 9.74. The first-order valence-corrected chi connectivity index (χ1v) is 10.7. The predicted octanol–water partition coefficient (Wildman–Crippen LogP) is 3.02. The molecule has 0 aromatic heterocycles. The Kier molecular flexibility index (Phi) is 14.1. The molecular weight excluding hydrogens is 268 g/mol. The summed E-state index contributed by atoms with van der Waals surface area (Å²) in [5.74, 6) is 0. The zero-order chi connectivity index (χ0) is 15.1. The van der Waals surface area contributed by atoms with E-state index in [1.807, 2.05) is 0 Å². The van der Waals surface area contributed by atoms with Gasteiger partial charge in [0.25, 0.3) is 0 Å². The van der Waals surface area contributed by atoms with E-state index in [9.17, 15) is 0 Å². The molecule has 0 rings (SSSR count). The van der Waals surface area contributed by atoms with E-state index in [1.54, 1.807) is 0 Å². The first kappa shape index (κ1) is 20.1. The molecule has 0 heterocycles. The normalized spacial score (nSPS) is 12.0. The van der Waals surface area contributed by atoms with Gasteiger partial charge in [0, 0.05) is 26.3 Å². The van der Waals surface area contributed by atoms with Gasteiger partial charge >= 0.3 is 8.56 Å². The second-order valence-electron chi connectivity index (χ2n) is 5.23. The highest BCUT2D eigenvalue weighted by atomic mass is 28.4. The summed E-state index contributed by atoms with van der Waals surface area (Å²) >= 11 is 0. The van der Waals surface area contributed by atoms with Gasteiger partial charge in [0.1, 0.15) is 0 Å². The van der Waals surface area contributed by atoms with E-state index < -0.39 is 8.56 Å². The van der Waals surface area contributed by atoms with Crippen LogP contribution in [0.3, 0.4) is 0 Å². The molecule has 0 bridgehead atoms. The zero-order valence-electron chi connectivity index (χ0n) is 13.9. The molecule has 0 aromatic carbocycles. The minimum atomic E-state index is -1.98. The lowest BCUT2D eigenvalue weighted by Gasteiger charge is -2.30. The molecule has 0 saturated carbocycles. The van der Waals surface area contributed by atoms with E-state index >= 15 is 0 Å². The Morgan fingerprint density at radius 2 is 1.50 bits per heavy atom. The summed E-state index contributed by atoms with van der Waals surface area (Å²) in [4.78, 5) is 0. The Hall–Kier alpha value is 0.0569. The van der Waals surface area contributed by atoms with E-state index in [0.717, 1.165) is 44.8 Å². The molecule has 5 heteroatoms. The number of hydrogen-bond donors (Lipinski definition) is 2. The SMILES string of the molecule is CCCCCC[Si](CCCNCCN)(OCC)OCC. The molecule has 0 aliphatic rings. The highest BCUT2D eigenvalue weighted by Crippen LogP contribution is 2.24. The summed E-state index contributed by atoms with van der Waals surface area (Å²) < 4.78 is 12.2. The second kappa shape index (κ2) is 14.0. The summed E-state index contributed by atoms with van der Waals surface area (Å²) in [5, 5.41) is 3.35. The van der Waals surface area contributed by atoms with Crippen LogP contribution in [0, 0.1) is 0 Å². The number of nitrogens with two attached hydrogens (primary N) is 1. The third-order valence-corrected chi connectivity index (χ3v) is 7.32. The van der Waals surface area contributed by atoms with Gasteiger partial charge in [-0.2, -0.15) is 0 Å². The van der Waals surface area contributed by atoms with Crippen LogP contribution in [0.1, 0.15) is 52.9 Å². The van der Waals surface area contributed by atoms with Gasteiger partial charge in [0.2, 0.25) is 0 Å². The number of rotatable bonds is 15. The Morgan fingerprint density at radius 1 is 0.850 bits per heavy atom. The van der Waals surface area contributed by atoms with Crippen LogP contribution in [-0.2, 0) is 8.85 Å². The smallest absolute Gasteiger partial charge is 0.338 e. The van der Waals surface area contributed by atoms with Gasteiger partial charge in [0.15, 0.2) is 0 Å². The lowest BCUT2D eigenvalue weighted by Crippen LogP contribution is -2.42. The van der Waals surface area contributed by atoms with Crippen molar-refractivity contribution < 1.29 is 8.85 Å². The van der Waals surface area contributed by atoms with Crippen molar-refractivity contribution in [3.8, 4) is 0 Å². The van der Waals surface area contributed by atoms with Gasteiger partial charge in [-0.3, -0.25) is 0 Å². The average molecular weight is 305 g/mol. The Labute approximate surface area is 127 Å². The third kappa shape index (κ3) is 9.88. The Morgan fingerprint density at radius 3 is 2.05 bits per heavy atom. The van der Waals surface area contributed by atoms with Crippen LogP contribution in [0.15, 0.2) is 0 Å². The van der Waals surface area contributed by atoms with Crippen LogP contribution < -0.4 is 11.1 Å². The van der Waals surface area contributed by atoms with Crippen LogP contribution >= 0.6 is 0 Å². The standard InChI is InChI=1S/C15H36N2O2Si/c1-4-7-8-9-14-20(18-5-2,19-6-3)15-10-12-17-13-11-16/h17H,4-16H2,1-3H3. The molecule has 3 N–H and O–H groups in total. The van der Waals surface area contributed by atoms with Crippen molar-refractivity contribution >= 4 is 8.56 Å². The zero-order valence-corrected chi connectivity index (χ0v) is 14.9. The summed E-state index contributed by atoms with van der Waals surface area (Å²) in [6.45, 7) is 10.6. The quantitative estimate of drug-likeness (QED) is 0.361. The third-order valence-electron chi connectivity index (χ3n) is 3.46. The van der Waals surface area contributed by atoms with Crippen molar-refractivity contribution in [2.45, 2.75) is 65.0 Å². The maximum absolute atomic E-state index is 6.12. The number of unbranched alkanes of at least 4 members (excludes halogenated alkanes) is 3. The van der Waals surface area contributed by atoms with Gasteiger partial charge in [-0.05, 0) is 38.9 Å². The van der Waals surface area contributed by atoms with E-state index in [-0.39, 0.29) is 0 Å². The van der Waals surface area contributed by atoms with Crippen LogP contribution in [0.5, 0.6) is 0 Å². The summed E-state index contributed by atoms with van der Waals surface area (Å²) in [7, 11) is -1.98. The molecule has 0 aromatic rings. The van der Waals surface area contributed by atoms with Crippen molar-refractivity contribution in [3.05, 3.63) is 0 Å². The van der Waals surface area contributed by atoms with E-state index in [0.29, 0.717) is 6.54 Å². The monoisotopic (exact) mass is 304 g/mol. The minimum absolute atomic E-state index is 0.705. The van der Waals surface area contributed by atoms with Gasteiger partial charge in [-0.1, -0.05) is 32.6 Å². The largest absolute Gasteiger partial charge is 0.394 e. The molecule has 0 fully saturated rings. The molecule has 4 nitrogen and oxygen atoms in total. The fraction of sp³-hybridized carbons (Fsp3) is 1.00. The summed E-state index contributed by atoms with van der Waals surface area (Å²) in [5.41, 5.74) is 5.48. The van der Waals surface area contributed by atoms with Crippen molar-refractivity contribution in [1.82, 2.24) is 5.32 Å². The van der Waals surface area contributed by atoms with Crippen molar-refractivity contribution in [1.29, 1.82) is 0 Å². The molecule has 0 aliphatic carbocycles. The molecule has 20 heavy (non-hydrogen) atoms. The highest BCUT2D eigenvalue weighted by molar-refractivity contribution is 6.67. The van der Waals surface area contributed by atoms with E-state index in [2.05, 4.69) is 26.1 Å². The number of nitrogens with one attached hydrogen (secondary N) is 1. The molecule has 0 atom stereocenters. The van der Waals surface area contributed by atoms with Crippen LogP contribution in [-0.4, -0.2) is 41.4 Å². The van der Waals surface area contributed by atoms with Gasteiger partial charge < -0.3 is 19.9 Å². The molecule has 0 amide bonds. The fourth-order valence-corrected chi connectivity index (χ4v) is 5.98. The molecule has 0 unspecified atom stereocenters. The summed E-state index contributed by atoms with van der Waals surface area (Å²) in [6.07, 6.45) is 6.27. The Balaban J connectivity index is 4.18. The van der Waals surface area contributed by atoms with Crippen molar-refractivity contribution in [3.63, 3.8) is 0 Å². The van der Waals surface area contributed by atoms with Crippen LogP contribution in [0.2, 0.25) is 12.1 Å². The lowest BCUT2D eigenvalue weighted by atomic mass is 10.2. The number of hydrogen-bond acceptors (Lipinski definition) is 4. The molecule has 122 valence electrons. The van der Waals surface area contributed by atoms with Crippen molar-refractivity contribution in [2.75, 3.05) is 32.8 Å². The molecule has 0 spiro atoms. The van der Waals surface area contributed by atoms with Crippen molar-refractivity contribution in [2.24, 2.45) is 5.73 Å². The maximum atomic E-state index is 6.12. The topological polar surface area (TPSA) is 56.5 Å². The fourth-order valence-electron chi connectivity index (χ4n) is 2.51. The van der Waals surface area contributed by atoms with E-state index in [4.69, 9.17) is 14.6 Å². The lowest BCUT2D eigenvalue weighted by molar-refractivity contribution is 0.180. The van der Waals surface area contributed by atoms with Gasteiger partial charge in [0.05, 0.1) is 0 Å². The minimum Gasteiger partial charge on any atom is -0.394 e. The van der Waals surface area contributed by atoms with E-state index in [1.165, 1.54) is 25.7 Å². The Bertz CT molecular complexity index is 200. The first-order valence-electron chi connectivity index (χ1n) is 8.43. The average Bonchev–Trinajstić information content (AvgIpc) is 2.44. The predicted molar refractivity (Wildman–Crippen MR) is 89.3 cm³/mol. The van der Waals surface area contributed by atoms with Gasteiger partial charge in [-0.15, -0.1) is 0 Å². The molecule has 0 radical (unpaired) electrons.